The van der Waals surface area contributed by atoms with Crippen LogP contribution in [0.25, 0.3) is 0 Å². The summed E-state index contributed by atoms with van der Waals surface area (Å²) < 4.78 is 23.1. The smallest absolute Gasteiger partial charge is 0.152 e. The molecule has 2 rings (SSSR count). The Kier molecular flexibility index (Phi) is 4.32. The number of thiocarbonyl (C=S) groups is 1. The summed E-state index contributed by atoms with van der Waals surface area (Å²) in [6.07, 6.45) is 1.53. The van der Waals surface area contributed by atoms with Gasteiger partial charge in [0.15, 0.2) is 9.84 Å². The van der Waals surface area contributed by atoms with Crippen molar-refractivity contribution < 1.29 is 8.42 Å². The van der Waals surface area contributed by atoms with Crippen LogP contribution in [0.4, 0.5) is 5.69 Å². The fourth-order valence-electron chi connectivity index (χ4n) is 2.18. The number of anilines is 1. The number of halogens is 1. The first-order valence-electron chi connectivity index (χ1n) is 5.94. The molecule has 1 fully saturated rings. The van der Waals surface area contributed by atoms with Crippen LogP contribution in [0.5, 0.6) is 0 Å². The van der Waals surface area contributed by atoms with Gasteiger partial charge in [-0.05, 0) is 31.0 Å². The monoisotopic (exact) mass is 318 g/mol. The van der Waals surface area contributed by atoms with Gasteiger partial charge in [0.1, 0.15) is 4.99 Å². The fourth-order valence-corrected chi connectivity index (χ4v) is 4.33. The van der Waals surface area contributed by atoms with Crippen LogP contribution in [0.15, 0.2) is 18.2 Å². The SMILES string of the molecule is NC(=S)c1ccc(NC2CCCS(=O)(=O)C2)cc1Cl. The molecule has 1 heterocycles. The number of hydrogen-bond acceptors (Lipinski definition) is 4. The zero-order chi connectivity index (χ0) is 14.0. The van der Waals surface area contributed by atoms with Gasteiger partial charge in [0, 0.05) is 17.3 Å². The van der Waals surface area contributed by atoms with Gasteiger partial charge in [-0.25, -0.2) is 8.42 Å². The molecule has 0 amide bonds. The molecule has 0 radical (unpaired) electrons. The average Bonchev–Trinajstić information content (AvgIpc) is 2.27. The quantitative estimate of drug-likeness (QED) is 0.834. The summed E-state index contributed by atoms with van der Waals surface area (Å²) in [5.41, 5.74) is 6.94. The van der Waals surface area contributed by atoms with Crippen molar-refractivity contribution in [1.82, 2.24) is 0 Å². The molecule has 0 bridgehead atoms. The lowest BCUT2D eigenvalue weighted by Gasteiger charge is -2.24. The van der Waals surface area contributed by atoms with Gasteiger partial charge in [-0.15, -0.1) is 0 Å². The van der Waals surface area contributed by atoms with E-state index in [2.05, 4.69) is 5.32 Å². The highest BCUT2D eigenvalue weighted by Crippen LogP contribution is 2.23. The van der Waals surface area contributed by atoms with Gasteiger partial charge in [-0.3, -0.25) is 0 Å². The van der Waals surface area contributed by atoms with E-state index in [4.69, 9.17) is 29.6 Å². The predicted molar refractivity (Wildman–Crippen MR) is 82.6 cm³/mol. The number of benzene rings is 1. The molecule has 1 aromatic rings. The van der Waals surface area contributed by atoms with Crippen LogP contribution in [0.3, 0.4) is 0 Å². The third-order valence-electron chi connectivity index (χ3n) is 3.07. The van der Waals surface area contributed by atoms with Gasteiger partial charge in [0.05, 0.1) is 16.5 Å². The van der Waals surface area contributed by atoms with Crippen LogP contribution >= 0.6 is 23.8 Å². The Balaban J connectivity index is 2.11. The summed E-state index contributed by atoms with van der Waals surface area (Å²) in [7, 11) is -2.92. The van der Waals surface area contributed by atoms with Gasteiger partial charge in [-0.1, -0.05) is 23.8 Å². The normalized spacial score (nSPS) is 21.8. The van der Waals surface area contributed by atoms with Gasteiger partial charge >= 0.3 is 0 Å². The van der Waals surface area contributed by atoms with E-state index in [9.17, 15) is 8.42 Å². The molecule has 1 aliphatic heterocycles. The van der Waals surface area contributed by atoms with Crippen LogP contribution in [-0.4, -0.2) is 31.0 Å². The molecule has 104 valence electrons. The molecule has 0 spiro atoms. The topological polar surface area (TPSA) is 72.2 Å². The zero-order valence-corrected chi connectivity index (χ0v) is 12.6. The molecule has 4 nitrogen and oxygen atoms in total. The summed E-state index contributed by atoms with van der Waals surface area (Å²) in [5, 5.41) is 3.66. The summed E-state index contributed by atoms with van der Waals surface area (Å²) in [5.74, 6) is 0.452. The first-order valence-corrected chi connectivity index (χ1v) is 8.54. The Hall–Kier alpha value is -0.850. The standard InChI is InChI=1S/C12H15ClN2O2S2/c13-11-6-8(3-4-10(11)12(14)18)15-9-2-1-5-19(16,17)7-9/h3-4,6,9,15H,1-2,5,7H2,(H2,14,18). The molecule has 3 N–H and O–H groups in total. The van der Waals surface area contributed by atoms with E-state index in [1.54, 1.807) is 12.1 Å². The lowest BCUT2D eigenvalue weighted by molar-refractivity contribution is 0.562. The van der Waals surface area contributed by atoms with Crippen LogP contribution in [-0.2, 0) is 9.84 Å². The summed E-state index contributed by atoms with van der Waals surface area (Å²) in [4.78, 5) is 0.247. The molecule has 0 aliphatic carbocycles. The van der Waals surface area contributed by atoms with E-state index in [0.29, 0.717) is 17.0 Å². The third-order valence-corrected chi connectivity index (χ3v) is 5.42. The van der Waals surface area contributed by atoms with Crippen molar-refractivity contribution in [2.24, 2.45) is 5.73 Å². The molecule has 1 saturated heterocycles. The maximum Gasteiger partial charge on any atom is 0.152 e. The highest BCUT2D eigenvalue weighted by Gasteiger charge is 2.24. The maximum absolute atomic E-state index is 11.6. The summed E-state index contributed by atoms with van der Waals surface area (Å²) in [6, 6.07) is 5.20. The van der Waals surface area contributed by atoms with Crippen molar-refractivity contribution in [2.45, 2.75) is 18.9 Å². The van der Waals surface area contributed by atoms with E-state index in [-0.39, 0.29) is 22.5 Å². The Labute approximate surface area is 123 Å². The first-order chi connectivity index (χ1) is 8.87. The van der Waals surface area contributed by atoms with Crippen LogP contribution < -0.4 is 11.1 Å². The minimum Gasteiger partial charge on any atom is -0.389 e. The Morgan fingerprint density at radius 1 is 1.47 bits per heavy atom. The molecule has 1 aromatic carbocycles. The lowest BCUT2D eigenvalue weighted by Crippen LogP contribution is -2.34. The first kappa shape index (κ1) is 14.6. The van der Waals surface area contributed by atoms with Crippen molar-refractivity contribution >= 4 is 44.3 Å². The highest BCUT2D eigenvalue weighted by atomic mass is 35.5. The van der Waals surface area contributed by atoms with Crippen molar-refractivity contribution in [1.29, 1.82) is 0 Å². The van der Waals surface area contributed by atoms with Crippen molar-refractivity contribution in [3.05, 3.63) is 28.8 Å². The van der Waals surface area contributed by atoms with Crippen molar-refractivity contribution in [3.8, 4) is 0 Å². The minimum absolute atomic E-state index is 0.0644. The average molecular weight is 319 g/mol. The zero-order valence-electron chi connectivity index (χ0n) is 10.2. The molecule has 1 atom stereocenters. The number of sulfone groups is 1. The predicted octanol–water partition coefficient (Wildman–Crippen LogP) is 1.96. The van der Waals surface area contributed by atoms with Gasteiger partial charge in [-0.2, -0.15) is 0 Å². The maximum atomic E-state index is 11.6. The van der Waals surface area contributed by atoms with E-state index in [0.717, 1.165) is 12.1 Å². The second-order valence-corrected chi connectivity index (χ2v) is 7.73. The van der Waals surface area contributed by atoms with Gasteiger partial charge < -0.3 is 11.1 Å². The van der Waals surface area contributed by atoms with Gasteiger partial charge in [0.2, 0.25) is 0 Å². The Morgan fingerprint density at radius 3 is 2.79 bits per heavy atom. The largest absolute Gasteiger partial charge is 0.389 e. The summed E-state index contributed by atoms with van der Waals surface area (Å²) in [6.45, 7) is 0. The van der Waals surface area contributed by atoms with Crippen molar-refractivity contribution in [3.63, 3.8) is 0 Å². The summed E-state index contributed by atoms with van der Waals surface area (Å²) >= 11 is 11.0. The Bertz CT molecular complexity index is 602. The van der Waals surface area contributed by atoms with Crippen molar-refractivity contribution in [2.75, 3.05) is 16.8 Å². The number of rotatable bonds is 3. The third kappa shape index (κ3) is 3.81. The Morgan fingerprint density at radius 2 is 2.21 bits per heavy atom. The second kappa shape index (κ2) is 5.64. The van der Waals surface area contributed by atoms with E-state index in [1.807, 2.05) is 6.07 Å². The van der Waals surface area contributed by atoms with Crippen LogP contribution in [0.1, 0.15) is 18.4 Å². The van der Waals surface area contributed by atoms with E-state index in [1.165, 1.54) is 0 Å². The second-order valence-electron chi connectivity index (χ2n) is 4.66. The molecule has 1 unspecified atom stereocenters. The molecular formula is C12H15ClN2O2S2. The molecule has 0 aromatic heterocycles. The molecule has 19 heavy (non-hydrogen) atoms. The molecule has 7 heteroatoms. The number of nitrogens with two attached hydrogens (primary N) is 1. The number of hydrogen-bond donors (Lipinski definition) is 2. The van der Waals surface area contributed by atoms with Crippen LogP contribution in [0, 0.1) is 0 Å². The number of nitrogens with one attached hydrogen (secondary N) is 1. The van der Waals surface area contributed by atoms with E-state index >= 15 is 0 Å². The molecule has 0 saturated carbocycles. The van der Waals surface area contributed by atoms with Crippen LogP contribution in [0.2, 0.25) is 5.02 Å². The lowest BCUT2D eigenvalue weighted by atomic mass is 10.1. The van der Waals surface area contributed by atoms with E-state index < -0.39 is 9.84 Å². The highest BCUT2D eigenvalue weighted by molar-refractivity contribution is 7.91. The minimum atomic E-state index is -2.92. The molecule has 1 aliphatic rings. The fraction of sp³-hybridized carbons (Fsp3) is 0.417. The van der Waals surface area contributed by atoms with Gasteiger partial charge in [0.25, 0.3) is 0 Å². The molecular weight excluding hydrogens is 304 g/mol.